The van der Waals surface area contributed by atoms with Crippen LogP contribution in [0, 0.1) is 0 Å². The Morgan fingerprint density at radius 3 is 3.00 bits per heavy atom. The summed E-state index contributed by atoms with van der Waals surface area (Å²) in [5.74, 6) is 0.434. The molecule has 0 saturated carbocycles. The van der Waals surface area contributed by atoms with Crippen molar-refractivity contribution in [2.75, 3.05) is 7.11 Å². The minimum absolute atomic E-state index is 0.434. The van der Waals surface area contributed by atoms with Gasteiger partial charge in [0.1, 0.15) is 5.02 Å². The lowest BCUT2D eigenvalue weighted by atomic mass is 10.1. The van der Waals surface area contributed by atoms with E-state index in [0.717, 1.165) is 11.1 Å². The molecule has 1 atom stereocenters. The molecular formula is C9H8ClIN3OP. The van der Waals surface area contributed by atoms with Crippen molar-refractivity contribution >= 4 is 40.0 Å². The van der Waals surface area contributed by atoms with Crippen LogP contribution in [-0.2, 0) is 0 Å². The SMILES string of the molecule is COc1nccc(-c2cnn(PI)c2)c1Cl. The topological polar surface area (TPSA) is 39.9 Å². The molecule has 1 unspecified atom stereocenters. The largest absolute Gasteiger partial charge is 0.480 e. The average Bonchev–Trinajstić information content (AvgIpc) is 2.78. The van der Waals surface area contributed by atoms with Crippen LogP contribution in [0.2, 0.25) is 5.02 Å². The Balaban J connectivity index is 2.47. The molecule has 2 aromatic heterocycles. The van der Waals surface area contributed by atoms with Crippen molar-refractivity contribution in [3.63, 3.8) is 0 Å². The third kappa shape index (κ3) is 2.31. The number of methoxy groups -OCH3 is 1. The highest BCUT2D eigenvalue weighted by atomic mass is 127. The van der Waals surface area contributed by atoms with Gasteiger partial charge in [0.2, 0.25) is 5.88 Å². The van der Waals surface area contributed by atoms with Gasteiger partial charge in [-0.3, -0.25) is 0 Å². The Morgan fingerprint density at radius 1 is 1.56 bits per heavy atom. The van der Waals surface area contributed by atoms with Gasteiger partial charge in [-0.1, -0.05) is 11.6 Å². The third-order valence-corrected chi connectivity index (χ3v) is 4.30. The summed E-state index contributed by atoms with van der Waals surface area (Å²) in [4.78, 5) is 4.03. The van der Waals surface area contributed by atoms with E-state index in [1.165, 1.54) is 0 Å². The van der Waals surface area contributed by atoms with Crippen LogP contribution < -0.4 is 4.74 Å². The summed E-state index contributed by atoms with van der Waals surface area (Å²) in [6, 6.07) is 1.85. The van der Waals surface area contributed by atoms with Gasteiger partial charge in [-0.2, -0.15) is 5.10 Å². The van der Waals surface area contributed by atoms with Gasteiger partial charge < -0.3 is 4.74 Å². The van der Waals surface area contributed by atoms with Crippen LogP contribution in [-0.4, -0.2) is 21.6 Å². The third-order valence-electron chi connectivity index (χ3n) is 2.03. The summed E-state index contributed by atoms with van der Waals surface area (Å²) in [5, 5.41) is 4.72. The highest BCUT2D eigenvalue weighted by Gasteiger charge is 2.11. The first-order valence-corrected chi connectivity index (χ1v) is 8.80. The molecule has 0 bridgehead atoms. The first-order valence-electron chi connectivity index (χ1n) is 4.36. The molecule has 0 radical (unpaired) electrons. The Labute approximate surface area is 113 Å². The zero-order valence-electron chi connectivity index (χ0n) is 8.32. The van der Waals surface area contributed by atoms with E-state index in [2.05, 4.69) is 32.1 Å². The lowest BCUT2D eigenvalue weighted by Gasteiger charge is -2.05. The number of ether oxygens (including phenoxy) is 1. The number of hydrogen-bond acceptors (Lipinski definition) is 3. The standard InChI is InChI=1S/C9H8ClIN3OP/c1-15-9-8(10)7(2-3-12-9)6-4-13-14(5-6)16-11/h2-5,16H,1H3. The molecule has 16 heavy (non-hydrogen) atoms. The van der Waals surface area contributed by atoms with Crippen molar-refractivity contribution in [1.29, 1.82) is 0 Å². The first-order chi connectivity index (χ1) is 7.76. The quantitative estimate of drug-likeness (QED) is 0.617. The van der Waals surface area contributed by atoms with Crippen LogP contribution in [0.15, 0.2) is 24.7 Å². The maximum Gasteiger partial charge on any atom is 0.232 e. The Bertz CT molecular complexity index is 505. The minimum Gasteiger partial charge on any atom is -0.480 e. The monoisotopic (exact) mass is 367 g/mol. The second-order valence-electron chi connectivity index (χ2n) is 2.94. The van der Waals surface area contributed by atoms with Gasteiger partial charge in [0.25, 0.3) is 0 Å². The summed E-state index contributed by atoms with van der Waals surface area (Å²) in [6.45, 7) is 0. The molecule has 0 saturated heterocycles. The van der Waals surface area contributed by atoms with Crippen molar-refractivity contribution in [2.45, 2.75) is 0 Å². The van der Waals surface area contributed by atoms with Gasteiger partial charge >= 0.3 is 0 Å². The second kappa shape index (κ2) is 5.29. The summed E-state index contributed by atoms with van der Waals surface area (Å²) in [5.41, 5.74) is 1.85. The zero-order valence-corrected chi connectivity index (χ0v) is 12.2. The lowest BCUT2D eigenvalue weighted by Crippen LogP contribution is -1.89. The van der Waals surface area contributed by atoms with Gasteiger partial charge in [0, 0.05) is 23.5 Å². The Kier molecular flexibility index (Phi) is 4.00. The van der Waals surface area contributed by atoms with Gasteiger partial charge in [0.15, 0.2) is 0 Å². The zero-order chi connectivity index (χ0) is 11.5. The molecule has 0 spiro atoms. The van der Waals surface area contributed by atoms with Crippen molar-refractivity contribution in [3.8, 4) is 17.0 Å². The van der Waals surface area contributed by atoms with Gasteiger partial charge in [-0.25, -0.2) is 9.44 Å². The van der Waals surface area contributed by atoms with E-state index < -0.39 is 0 Å². The molecule has 7 heteroatoms. The van der Waals surface area contributed by atoms with Crippen LogP contribution >= 0.6 is 40.0 Å². The molecule has 84 valence electrons. The molecule has 0 aliphatic rings. The lowest BCUT2D eigenvalue weighted by molar-refractivity contribution is 0.398. The molecule has 0 aromatic carbocycles. The molecular weight excluding hydrogens is 359 g/mol. The molecule has 2 heterocycles. The normalized spacial score (nSPS) is 11.2. The predicted molar refractivity (Wildman–Crippen MR) is 74.8 cm³/mol. The summed E-state index contributed by atoms with van der Waals surface area (Å²) in [7, 11) is 1.55. The van der Waals surface area contributed by atoms with Crippen molar-refractivity contribution in [3.05, 3.63) is 29.7 Å². The van der Waals surface area contributed by atoms with E-state index >= 15 is 0 Å². The highest BCUT2D eigenvalue weighted by Crippen LogP contribution is 2.34. The Morgan fingerprint density at radius 2 is 2.38 bits per heavy atom. The van der Waals surface area contributed by atoms with E-state index in [1.807, 2.05) is 16.7 Å². The number of aromatic nitrogens is 3. The summed E-state index contributed by atoms with van der Waals surface area (Å²) >= 11 is 8.44. The van der Waals surface area contributed by atoms with Crippen LogP contribution in [0.3, 0.4) is 0 Å². The van der Waals surface area contributed by atoms with Gasteiger partial charge in [-0.05, 0) is 28.1 Å². The molecule has 0 amide bonds. The summed E-state index contributed by atoms with van der Waals surface area (Å²) in [6.07, 6.45) is 5.98. The smallest absolute Gasteiger partial charge is 0.232 e. The average molecular weight is 368 g/mol. The molecule has 0 N–H and O–H groups in total. The second-order valence-corrected chi connectivity index (χ2v) is 5.39. The fourth-order valence-electron chi connectivity index (χ4n) is 1.30. The predicted octanol–water partition coefficient (Wildman–Crippen LogP) is 3.40. The fourth-order valence-corrected chi connectivity index (χ4v) is 2.68. The number of halogens is 2. The number of hydrogen-bond donors (Lipinski definition) is 0. The van der Waals surface area contributed by atoms with E-state index in [9.17, 15) is 0 Å². The Hall–Kier alpha value is -0.390. The van der Waals surface area contributed by atoms with Crippen LogP contribution in [0.1, 0.15) is 0 Å². The fraction of sp³-hybridized carbons (Fsp3) is 0.111. The highest BCUT2D eigenvalue weighted by molar-refractivity contribution is 14.2. The van der Waals surface area contributed by atoms with Gasteiger partial charge in [0.05, 0.1) is 19.7 Å². The molecule has 0 aliphatic heterocycles. The van der Waals surface area contributed by atoms with Crippen LogP contribution in [0.25, 0.3) is 11.1 Å². The molecule has 2 rings (SSSR count). The van der Waals surface area contributed by atoms with Crippen LogP contribution in [0.4, 0.5) is 0 Å². The molecule has 4 nitrogen and oxygen atoms in total. The maximum atomic E-state index is 6.17. The van der Waals surface area contributed by atoms with E-state index in [4.69, 9.17) is 16.3 Å². The van der Waals surface area contributed by atoms with Crippen molar-refractivity contribution in [2.24, 2.45) is 0 Å². The van der Waals surface area contributed by atoms with Gasteiger partial charge in [-0.15, -0.1) is 0 Å². The van der Waals surface area contributed by atoms with E-state index in [-0.39, 0.29) is 0 Å². The minimum atomic E-state index is 0.434. The molecule has 0 aliphatic carbocycles. The molecule has 2 aromatic rings. The first kappa shape index (κ1) is 12.1. The summed E-state index contributed by atoms with van der Waals surface area (Å²) < 4.78 is 6.93. The number of pyridine rings is 1. The van der Waals surface area contributed by atoms with E-state index in [1.54, 1.807) is 19.5 Å². The van der Waals surface area contributed by atoms with Crippen molar-refractivity contribution < 1.29 is 4.74 Å². The van der Waals surface area contributed by atoms with E-state index in [0.29, 0.717) is 17.3 Å². The number of nitrogens with zero attached hydrogens (tertiary/aromatic N) is 3. The molecule has 0 fully saturated rings. The van der Waals surface area contributed by atoms with Crippen LogP contribution in [0.5, 0.6) is 5.88 Å². The maximum absolute atomic E-state index is 6.17. The number of rotatable bonds is 3. The van der Waals surface area contributed by atoms with Crippen molar-refractivity contribution in [1.82, 2.24) is 14.5 Å².